The van der Waals surface area contributed by atoms with Gasteiger partial charge in [0, 0.05) is 29.0 Å². The monoisotopic (exact) mass is 326 g/mol. The van der Waals surface area contributed by atoms with Gasteiger partial charge in [-0.05, 0) is 25.8 Å². The van der Waals surface area contributed by atoms with Gasteiger partial charge in [0.05, 0.1) is 9.85 Å². The van der Waals surface area contributed by atoms with E-state index in [4.69, 9.17) is 0 Å². The standard InChI is InChI=1S/C13H18N4O6/c1-4-10(5-6-15(18)19)14-12-11(16(20)21)7-8(2)9(3)13(12)17(22)23/h7,10,14H,4-6H2,1-3H3. The van der Waals surface area contributed by atoms with Gasteiger partial charge in [0.2, 0.25) is 6.54 Å². The van der Waals surface area contributed by atoms with Crippen molar-refractivity contribution < 1.29 is 14.8 Å². The molecule has 10 nitrogen and oxygen atoms in total. The first-order valence-electron chi connectivity index (χ1n) is 7.00. The fourth-order valence-electron chi connectivity index (χ4n) is 2.24. The Morgan fingerprint density at radius 2 is 1.74 bits per heavy atom. The van der Waals surface area contributed by atoms with Crippen LogP contribution in [0.15, 0.2) is 6.07 Å². The molecule has 23 heavy (non-hydrogen) atoms. The molecule has 0 aliphatic heterocycles. The summed E-state index contributed by atoms with van der Waals surface area (Å²) in [5.41, 5.74) is -0.201. The maximum Gasteiger partial charge on any atom is 0.302 e. The molecule has 0 bridgehead atoms. The van der Waals surface area contributed by atoms with E-state index in [1.165, 1.54) is 13.0 Å². The SMILES string of the molecule is CCC(CC[N+](=O)[O-])Nc1c([N+](=O)[O-])cc(C)c(C)c1[N+](=O)[O-]. The molecule has 1 aromatic rings. The highest BCUT2D eigenvalue weighted by molar-refractivity contribution is 5.78. The Morgan fingerprint density at radius 3 is 2.17 bits per heavy atom. The van der Waals surface area contributed by atoms with E-state index in [1.54, 1.807) is 13.8 Å². The van der Waals surface area contributed by atoms with Gasteiger partial charge in [0.25, 0.3) is 5.69 Å². The second-order valence-corrected chi connectivity index (χ2v) is 5.17. The smallest absolute Gasteiger partial charge is 0.302 e. The van der Waals surface area contributed by atoms with Crippen molar-refractivity contribution in [1.29, 1.82) is 0 Å². The third-order valence-electron chi connectivity index (χ3n) is 3.67. The molecule has 1 rings (SSSR count). The molecule has 1 atom stereocenters. The maximum absolute atomic E-state index is 11.3. The summed E-state index contributed by atoms with van der Waals surface area (Å²) in [4.78, 5) is 31.2. The highest BCUT2D eigenvalue weighted by Crippen LogP contribution is 2.39. The van der Waals surface area contributed by atoms with Gasteiger partial charge >= 0.3 is 5.69 Å². The van der Waals surface area contributed by atoms with Gasteiger partial charge in [0.1, 0.15) is 0 Å². The van der Waals surface area contributed by atoms with Crippen molar-refractivity contribution >= 4 is 17.1 Å². The number of hydrogen-bond acceptors (Lipinski definition) is 7. The van der Waals surface area contributed by atoms with E-state index in [0.717, 1.165) is 0 Å². The van der Waals surface area contributed by atoms with Gasteiger partial charge < -0.3 is 5.32 Å². The normalized spacial score (nSPS) is 11.8. The van der Waals surface area contributed by atoms with Crippen LogP contribution in [0.1, 0.15) is 30.9 Å². The minimum atomic E-state index is -0.692. The largest absolute Gasteiger partial charge is 0.371 e. The Hall–Kier alpha value is -2.78. The molecule has 0 aliphatic rings. The van der Waals surface area contributed by atoms with E-state index in [-0.39, 0.29) is 24.3 Å². The lowest BCUT2D eigenvalue weighted by Crippen LogP contribution is -2.23. The van der Waals surface area contributed by atoms with Crippen LogP contribution in [0.3, 0.4) is 0 Å². The van der Waals surface area contributed by atoms with Crippen molar-refractivity contribution in [3.05, 3.63) is 47.5 Å². The summed E-state index contributed by atoms with van der Waals surface area (Å²) in [6.45, 7) is 4.50. The fraction of sp³-hybridized carbons (Fsp3) is 0.538. The van der Waals surface area contributed by atoms with Crippen molar-refractivity contribution in [3.8, 4) is 0 Å². The van der Waals surface area contributed by atoms with E-state index in [9.17, 15) is 30.3 Å². The van der Waals surface area contributed by atoms with Crippen molar-refractivity contribution in [2.24, 2.45) is 0 Å². The van der Waals surface area contributed by atoms with Crippen LogP contribution in [0.25, 0.3) is 0 Å². The Balaban J connectivity index is 3.36. The van der Waals surface area contributed by atoms with Gasteiger partial charge in [-0.15, -0.1) is 0 Å². The molecule has 126 valence electrons. The number of aryl methyl sites for hydroxylation is 1. The van der Waals surface area contributed by atoms with E-state index >= 15 is 0 Å². The Morgan fingerprint density at radius 1 is 1.13 bits per heavy atom. The zero-order chi connectivity index (χ0) is 17.7. The lowest BCUT2D eigenvalue weighted by Gasteiger charge is -2.17. The van der Waals surface area contributed by atoms with Gasteiger partial charge in [0.15, 0.2) is 5.69 Å². The predicted octanol–water partition coefficient (Wildman–Crippen LogP) is 2.98. The molecule has 10 heteroatoms. The van der Waals surface area contributed by atoms with E-state index in [2.05, 4.69) is 5.32 Å². The Kier molecular flexibility index (Phi) is 5.94. The van der Waals surface area contributed by atoms with Gasteiger partial charge in [-0.25, -0.2) is 0 Å². The second kappa shape index (κ2) is 7.47. The number of nitrogens with one attached hydrogen (secondary N) is 1. The molecule has 1 aromatic carbocycles. The summed E-state index contributed by atoms with van der Waals surface area (Å²) < 4.78 is 0. The highest BCUT2D eigenvalue weighted by atomic mass is 16.6. The van der Waals surface area contributed by atoms with Crippen molar-refractivity contribution in [2.45, 2.75) is 39.7 Å². The van der Waals surface area contributed by atoms with Crippen molar-refractivity contribution in [1.82, 2.24) is 0 Å². The zero-order valence-corrected chi connectivity index (χ0v) is 13.1. The number of nitrogens with zero attached hydrogens (tertiary/aromatic N) is 3. The average molecular weight is 326 g/mol. The van der Waals surface area contributed by atoms with Crippen LogP contribution >= 0.6 is 0 Å². The third-order valence-corrected chi connectivity index (χ3v) is 3.67. The number of nitro benzene ring substituents is 2. The number of rotatable bonds is 8. The number of benzene rings is 1. The lowest BCUT2D eigenvalue weighted by molar-refractivity contribution is -0.480. The molecule has 0 saturated heterocycles. The van der Waals surface area contributed by atoms with E-state index in [1.807, 2.05) is 0 Å². The predicted molar refractivity (Wildman–Crippen MR) is 83.4 cm³/mol. The summed E-state index contributed by atoms with van der Waals surface area (Å²) in [7, 11) is 0. The fourth-order valence-corrected chi connectivity index (χ4v) is 2.24. The van der Waals surface area contributed by atoms with E-state index < -0.39 is 26.5 Å². The molecule has 0 spiro atoms. The van der Waals surface area contributed by atoms with Crippen LogP contribution in [0.5, 0.6) is 0 Å². The minimum Gasteiger partial charge on any atom is -0.371 e. The molecule has 1 N–H and O–H groups in total. The Labute approximate surface area is 131 Å². The maximum atomic E-state index is 11.3. The second-order valence-electron chi connectivity index (χ2n) is 5.17. The van der Waals surface area contributed by atoms with Crippen LogP contribution in [-0.4, -0.2) is 27.4 Å². The summed E-state index contributed by atoms with van der Waals surface area (Å²) in [6, 6.07) is 0.796. The average Bonchev–Trinajstić information content (AvgIpc) is 2.45. The quantitative estimate of drug-likeness (QED) is 0.571. The van der Waals surface area contributed by atoms with Gasteiger partial charge in [-0.2, -0.15) is 0 Å². The zero-order valence-electron chi connectivity index (χ0n) is 13.1. The molecule has 0 amide bonds. The summed E-state index contributed by atoms with van der Waals surface area (Å²) in [5, 5.41) is 35.8. The first-order chi connectivity index (χ1) is 10.7. The summed E-state index contributed by atoms with van der Waals surface area (Å²) in [5.74, 6) is 0. The number of nitro groups is 3. The topological polar surface area (TPSA) is 141 Å². The molecular formula is C13H18N4O6. The van der Waals surface area contributed by atoms with E-state index in [0.29, 0.717) is 17.5 Å². The number of anilines is 1. The molecule has 0 aromatic heterocycles. The molecule has 0 heterocycles. The Bertz CT molecular complexity index is 646. The highest BCUT2D eigenvalue weighted by Gasteiger charge is 2.30. The summed E-state index contributed by atoms with van der Waals surface area (Å²) in [6.07, 6.45) is 0.555. The first-order valence-corrected chi connectivity index (χ1v) is 7.00. The molecular weight excluding hydrogens is 308 g/mol. The third kappa shape index (κ3) is 4.34. The molecule has 0 fully saturated rings. The number of hydrogen-bond donors (Lipinski definition) is 1. The van der Waals surface area contributed by atoms with Crippen LogP contribution in [0.4, 0.5) is 17.1 Å². The van der Waals surface area contributed by atoms with Crippen LogP contribution in [-0.2, 0) is 0 Å². The molecule has 0 saturated carbocycles. The van der Waals surface area contributed by atoms with Crippen molar-refractivity contribution in [2.75, 3.05) is 11.9 Å². The van der Waals surface area contributed by atoms with Gasteiger partial charge in [-0.1, -0.05) is 6.92 Å². The van der Waals surface area contributed by atoms with Crippen LogP contribution < -0.4 is 5.32 Å². The first kappa shape index (κ1) is 18.3. The van der Waals surface area contributed by atoms with Gasteiger partial charge in [-0.3, -0.25) is 30.3 Å². The molecule has 0 aliphatic carbocycles. The van der Waals surface area contributed by atoms with Crippen LogP contribution in [0, 0.1) is 44.2 Å². The lowest BCUT2D eigenvalue weighted by atomic mass is 10.0. The summed E-state index contributed by atoms with van der Waals surface area (Å²) >= 11 is 0. The minimum absolute atomic E-state index is 0.116. The van der Waals surface area contributed by atoms with Crippen molar-refractivity contribution in [3.63, 3.8) is 0 Å². The van der Waals surface area contributed by atoms with Crippen LogP contribution in [0.2, 0.25) is 0 Å². The molecule has 1 unspecified atom stereocenters. The molecule has 0 radical (unpaired) electrons.